The number of rotatable bonds is 6. The van der Waals surface area contributed by atoms with Crippen LogP contribution in [0.4, 0.5) is 5.69 Å². The molecular weight excluding hydrogens is 306 g/mol. The summed E-state index contributed by atoms with van der Waals surface area (Å²) < 4.78 is 10.7. The standard InChI is InChI=1S/C11H14BrNO5/c1-3-17-6-18-11-9(7(2)14)4-8(12)5-10(11)13(15)16/h4-5,7,14H,3,6H2,1-2H3. The Balaban J connectivity index is 3.18. The molecule has 100 valence electrons. The first kappa shape index (κ1) is 14.9. The van der Waals surface area contributed by atoms with Crippen molar-refractivity contribution in [1.29, 1.82) is 0 Å². The van der Waals surface area contributed by atoms with E-state index in [0.717, 1.165) is 0 Å². The molecule has 0 aliphatic heterocycles. The molecule has 0 radical (unpaired) electrons. The highest BCUT2D eigenvalue weighted by Crippen LogP contribution is 2.37. The molecule has 1 N–H and O–H groups in total. The SMILES string of the molecule is CCOCOc1c(C(C)O)cc(Br)cc1[N+](=O)[O-]. The summed E-state index contributed by atoms with van der Waals surface area (Å²) in [7, 11) is 0. The maximum atomic E-state index is 11.0. The molecule has 0 amide bonds. The lowest BCUT2D eigenvalue weighted by Gasteiger charge is -2.14. The third-order valence-corrected chi connectivity index (χ3v) is 2.66. The summed E-state index contributed by atoms with van der Waals surface area (Å²) in [6.07, 6.45) is -0.877. The van der Waals surface area contributed by atoms with Gasteiger partial charge in [-0.05, 0) is 19.9 Å². The molecule has 7 heteroatoms. The lowest BCUT2D eigenvalue weighted by Crippen LogP contribution is -2.08. The Bertz CT molecular complexity index is 436. The van der Waals surface area contributed by atoms with E-state index < -0.39 is 11.0 Å². The maximum absolute atomic E-state index is 11.0. The number of nitro benzene ring substituents is 1. The van der Waals surface area contributed by atoms with Gasteiger partial charge in [0.1, 0.15) is 0 Å². The Morgan fingerprint density at radius 3 is 2.72 bits per heavy atom. The zero-order valence-corrected chi connectivity index (χ0v) is 11.6. The Hall–Kier alpha value is -1.18. The Kier molecular flexibility index (Phi) is 5.52. The van der Waals surface area contributed by atoms with E-state index in [2.05, 4.69) is 15.9 Å². The molecule has 0 fully saturated rings. The quantitative estimate of drug-likeness (QED) is 0.377. The molecule has 1 aromatic carbocycles. The highest BCUT2D eigenvalue weighted by molar-refractivity contribution is 9.10. The molecule has 1 unspecified atom stereocenters. The predicted octanol–water partition coefficient (Wildman–Crippen LogP) is 2.78. The van der Waals surface area contributed by atoms with E-state index in [-0.39, 0.29) is 18.2 Å². The Morgan fingerprint density at radius 1 is 1.56 bits per heavy atom. The van der Waals surface area contributed by atoms with Gasteiger partial charge in [-0.3, -0.25) is 10.1 Å². The van der Waals surface area contributed by atoms with E-state index >= 15 is 0 Å². The van der Waals surface area contributed by atoms with Crippen molar-refractivity contribution in [2.75, 3.05) is 13.4 Å². The highest BCUT2D eigenvalue weighted by atomic mass is 79.9. The summed E-state index contributed by atoms with van der Waals surface area (Å²) in [4.78, 5) is 10.4. The minimum atomic E-state index is -0.877. The van der Waals surface area contributed by atoms with Crippen molar-refractivity contribution >= 4 is 21.6 Å². The number of nitrogens with zero attached hydrogens (tertiary/aromatic N) is 1. The fourth-order valence-corrected chi connectivity index (χ4v) is 1.85. The monoisotopic (exact) mass is 319 g/mol. The van der Waals surface area contributed by atoms with Gasteiger partial charge in [0.15, 0.2) is 6.79 Å². The molecule has 0 aromatic heterocycles. The van der Waals surface area contributed by atoms with E-state index in [0.29, 0.717) is 16.6 Å². The van der Waals surface area contributed by atoms with E-state index in [1.807, 2.05) is 0 Å². The normalized spacial score (nSPS) is 12.2. The molecule has 0 spiro atoms. The van der Waals surface area contributed by atoms with Crippen molar-refractivity contribution in [2.24, 2.45) is 0 Å². The fraction of sp³-hybridized carbons (Fsp3) is 0.455. The third kappa shape index (κ3) is 3.66. The molecule has 18 heavy (non-hydrogen) atoms. The van der Waals surface area contributed by atoms with Crippen molar-refractivity contribution in [2.45, 2.75) is 20.0 Å². The van der Waals surface area contributed by atoms with Gasteiger partial charge in [0.2, 0.25) is 5.75 Å². The highest BCUT2D eigenvalue weighted by Gasteiger charge is 2.23. The second-order valence-corrected chi connectivity index (χ2v) is 4.45. The van der Waals surface area contributed by atoms with Crippen LogP contribution in [0.15, 0.2) is 16.6 Å². The number of nitro groups is 1. The van der Waals surface area contributed by atoms with Crippen LogP contribution in [0.1, 0.15) is 25.5 Å². The maximum Gasteiger partial charge on any atom is 0.312 e. The lowest BCUT2D eigenvalue weighted by atomic mass is 10.1. The molecule has 0 saturated heterocycles. The van der Waals surface area contributed by atoms with Gasteiger partial charge in [0.05, 0.1) is 11.0 Å². The minimum absolute atomic E-state index is 0.0339. The fourth-order valence-electron chi connectivity index (χ4n) is 1.39. The molecule has 1 aromatic rings. The Labute approximate surface area is 113 Å². The van der Waals surface area contributed by atoms with Crippen LogP contribution in [0, 0.1) is 10.1 Å². The minimum Gasteiger partial charge on any atom is -0.460 e. The summed E-state index contributed by atoms with van der Waals surface area (Å²) in [5.41, 5.74) is 0.135. The largest absolute Gasteiger partial charge is 0.460 e. The van der Waals surface area contributed by atoms with E-state index in [9.17, 15) is 15.2 Å². The molecule has 1 atom stereocenters. The molecule has 0 saturated carbocycles. The van der Waals surface area contributed by atoms with Crippen LogP contribution in [0.3, 0.4) is 0 Å². The first-order valence-electron chi connectivity index (χ1n) is 5.33. The van der Waals surface area contributed by atoms with Crippen molar-refractivity contribution in [3.05, 3.63) is 32.3 Å². The summed E-state index contributed by atoms with van der Waals surface area (Å²) in [6.45, 7) is 3.64. The third-order valence-electron chi connectivity index (χ3n) is 2.20. The lowest BCUT2D eigenvalue weighted by molar-refractivity contribution is -0.386. The van der Waals surface area contributed by atoms with Crippen molar-refractivity contribution in [3.63, 3.8) is 0 Å². The predicted molar refractivity (Wildman–Crippen MR) is 68.6 cm³/mol. The summed E-state index contributed by atoms with van der Waals surface area (Å²) >= 11 is 3.16. The topological polar surface area (TPSA) is 81.8 Å². The molecule has 1 rings (SSSR count). The van der Waals surface area contributed by atoms with Gasteiger partial charge < -0.3 is 14.6 Å². The van der Waals surface area contributed by atoms with Crippen LogP contribution >= 0.6 is 15.9 Å². The van der Waals surface area contributed by atoms with Gasteiger partial charge in [-0.15, -0.1) is 0 Å². The van der Waals surface area contributed by atoms with Crippen molar-refractivity contribution in [1.82, 2.24) is 0 Å². The van der Waals surface area contributed by atoms with Gasteiger partial charge in [0.25, 0.3) is 0 Å². The number of benzene rings is 1. The summed E-state index contributed by atoms with van der Waals surface area (Å²) in [5, 5.41) is 20.6. The zero-order chi connectivity index (χ0) is 13.7. The molecule has 0 aliphatic rings. The molecule has 0 bridgehead atoms. The van der Waals surface area contributed by atoms with Gasteiger partial charge in [-0.1, -0.05) is 15.9 Å². The average Bonchev–Trinajstić information content (AvgIpc) is 2.30. The molecule has 0 heterocycles. The van der Waals surface area contributed by atoms with Crippen molar-refractivity contribution in [3.8, 4) is 5.75 Å². The molecule has 0 aliphatic carbocycles. The average molecular weight is 320 g/mol. The van der Waals surface area contributed by atoms with Crippen LogP contribution in [-0.2, 0) is 4.74 Å². The van der Waals surface area contributed by atoms with Gasteiger partial charge in [0, 0.05) is 22.7 Å². The second kappa shape index (κ2) is 6.67. The van der Waals surface area contributed by atoms with Gasteiger partial charge in [-0.2, -0.15) is 0 Å². The van der Waals surface area contributed by atoms with E-state index in [1.54, 1.807) is 13.0 Å². The van der Waals surface area contributed by atoms with Crippen LogP contribution in [0.25, 0.3) is 0 Å². The smallest absolute Gasteiger partial charge is 0.312 e. The molecule has 6 nitrogen and oxygen atoms in total. The summed E-state index contributed by atoms with van der Waals surface area (Å²) in [6, 6.07) is 2.91. The van der Waals surface area contributed by atoms with Crippen molar-refractivity contribution < 1.29 is 19.5 Å². The van der Waals surface area contributed by atoms with Crippen LogP contribution < -0.4 is 4.74 Å². The number of aliphatic hydroxyl groups excluding tert-OH is 1. The van der Waals surface area contributed by atoms with E-state index in [1.165, 1.54) is 13.0 Å². The first-order chi connectivity index (χ1) is 8.47. The second-order valence-electron chi connectivity index (χ2n) is 3.53. The van der Waals surface area contributed by atoms with Crippen LogP contribution in [0.5, 0.6) is 5.75 Å². The number of halogens is 1. The Morgan fingerprint density at radius 2 is 2.22 bits per heavy atom. The number of aliphatic hydroxyl groups is 1. The first-order valence-corrected chi connectivity index (χ1v) is 6.13. The number of hydrogen-bond acceptors (Lipinski definition) is 5. The zero-order valence-electron chi connectivity index (χ0n) is 10.1. The van der Waals surface area contributed by atoms with Crippen LogP contribution in [0.2, 0.25) is 0 Å². The molecular formula is C11H14BrNO5. The van der Waals surface area contributed by atoms with Crippen LogP contribution in [-0.4, -0.2) is 23.4 Å². The number of ether oxygens (including phenoxy) is 2. The van der Waals surface area contributed by atoms with Gasteiger partial charge >= 0.3 is 5.69 Å². The summed E-state index contributed by atoms with van der Waals surface area (Å²) in [5.74, 6) is 0.0339. The van der Waals surface area contributed by atoms with E-state index in [4.69, 9.17) is 9.47 Å². The van der Waals surface area contributed by atoms with Gasteiger partial charge in [-0.25, -0.2) is 0 Å². The number of hydrogen-bond donors (Lipinski definition) is 1.